The van der Waals surface area contributed by atoms with Crippen molar-refractivity contribution in [2.24, 2.45) is 0 Å². The lowest BCUT2D eigenvalue weighted by Gasteiger charge is -2.33. The van der Waals surface area contributed by atoms with E-state index in [0.717, 1.165) is 56.5 Å². The molecule has 0 spiro atoms. The first kappa shape index (κ1) is 24.2. The number of anilines is 1. The summed E-state index contributed by atoms with van der Waals surface area (Å²) in [5.74, 6) is 1.76. The molecule has 1 N–H and O–H groups in total. The number of aromatic nitrogens is 4. The molecular weight excluding hydrogens is 480 g/mol. The first-order chi connectivity index (χ1) is 17.5. The number of rotatable bonds is 6. The molecule has 1 fully saturated rings. The van der Waals surface area contributed by atoms with Crippen LogP contribution in [0.4, 0.5) is 5.82 Å². The Morgan fingerprint density at radius 1 is 1.11 bits per heavy atom. The lowest BCUT2D eigenvalue weighted by molar-refractivity contribution is 0.0923. The summed E-state index contributed by atoms with van der Waals surface area (Å²) in [4.78, 5) is 32.5. The van der Waals surface area contributed by atoms with Crippen LogP contribution in [0.5, 0.6) is 11.6 Å². The largest absolute Gasteiger partial charge is 0.489 e. The van der Waals surface area contributed by atoms with Crippen molar-refractivity contribution in [3.05, 3.63) is 64.5 Å². The molecule has 1 atom stereocenters. The number of pyridine rings is 2. The smallest absolute Gasteiger partial charge is 0.289 e. The van der Waals surface area contributed by atoms with E-state index in [1.807, 2.05) is 31.5 Å². The van der Waals surface area contributed by atoms with Crippen molar-refractivity contribution in [3.8, 4) is 11.6 Å². The van der Waals surface area contributed by atoms with Crippen LogP contribution in [0.2, 0.25) is 5.15 Å². The molecule has 2 aliphatic rings. The fraction of sp³-hybridized carbons (Fsp3) is 0.423. The molecule has 36 heavy (non-hydrogen) atoms. The number of halogens is 1. The lowest BCUT2D eigenvalue weighted by atomic mass is 9.90. The van der Waals surface area contributed by atoms with E-state index in [9.17, 15) is 4.79 Å². The Morgan fingerprint density at radius 2 is 1.94 bits per heavy atom. The van der Waals surface area contributed by atoms with E-state index >= 15 is 0 Å². The van der Waals surface area contributed by atoms with Crippen molar-refractivity contribution in [2.75, 3.05) is 25.1 Å². The third kappa shape index (κ3) is 5.36. The number of fused-ring (bicyclic) bond motifs is 1. The average Bonchev–Trinajstić information content (AvgIpc) is 2.91. The Kier molecular flexibility index (Phi) is 7.18. The zero-order valence-electron chi connectivity index (χ0n) is 20.4. The quantitative estimate of drug-likeness (QED) is 0.504. The van der Waals surface area contributed by atoms with E-state index in [-0.39, 0.29) is 23.9 Å². The van der Waals surface area contributed by atoms with Crippen molar-refractivity contribution in [3.63, 3.8) is 0 Å². The summed E-state index contributed by atoms with van der Waals surface area (Å²) in [6, 6.07) is 5.71. The normalized spacial score (nSPS) is 17.9. The fourth-order valence-electron chi connectivity index (χ4n) is 4.78. The van der Waals surface area contributed by atoms with Gasteiger partial charge in [0, 0.05) is 56.0 Å². The van der Waals surface area contributed by atoms with Crippen LogP contribution in [0.15, 0.2) is 36.8 Å². The molecule has 9 nitrogen and oxygen atoms in total. The molecule has 0 saturated carbocycles. The third-order valence-electron chi connectivity index (χ3n) is 6.79. The van der Waals surface area contributed by atoms with Gasteiger partial charge in [0.05, 0.1) is 13.3 Å². The number of hydrogen-bond donors (Lipinski definition) is 1. The predicted molar refractivity (Wildman–Crippen MR) is 136 cm³/mol. The third-order valence-corrected chi connectivity index (χ3v) is 7.16. The Bertz CT molecular complexity index is 1230. The molecule has 1 saturated heterocycles. The molecule has 1 aliphatic carbocycles. The van der Waals surface area contributed by atoms with Crippen LogP contribution in [-0.2, 0) is 12.8 Å². The van der Waals surface area contributed by atoms with Crippen LogP contribution < -0.4 is 19.7 Å². The highest BCUT2D eigenvalue weighted by Crippen LogP contribution is 2.28. The van der Waals surface area contributed by atoms with Gasteiger partial charge in [-0.3, -0.25) is 9.78 Å². The molecule has 0 radical (unpaired) electrons. The Balaban J connectivity index is 1.22. The van der Waals surface area contributed by atoms with E-state index in [1.165, 1.54) is 11.1 Å². The summed E-state index contributed by atoms with van der Waals surface area (Å²) < 4.78 is 11.2. The van der Waals surface area contributed by atoms with Crippen molar-refractivity contribution >= 4 is 23.3 Å². The number of carbonyl (C=O) groups is 1. The lowest BCUT2D eigenvalue weighted by Crippen LogP contribution is -2.41. The summed E-state index contributed by atoms with van der Waals surface area (Å²) in [7, 11) is 1.59. The monoisotopic (exact) mass is 508 g/mol. The molecule has 0 bridgehead atoms. The van der Waals surface area contributed by atoms with Gasteiger partial charge in [-0.15, -0.1) is 0 Å². The van der Waals surface area contributed by atoms with Gasteiger partial charge in [0.25, 0.3) is 5.91 Å². The minimum atomic E-state index is -0.305. The zero-order valence-corrected chi connectivity index (χ0v) is 21.2. The van der Waals surface area contributed by atoms with Crippen LogP contribution >= 0.6 is 11.6 Å². The zero-order chi connectivity index (χ0) is 25.1. The van der Waals surface area contributed by atoms with Gasteiger partial charge in [0.2, 0.25) is 11.7 Å². The standard InChI is InChI=1S/C26H29ClN6O3/c1-16-23(27)31-24(26(34)30-19-4-3-17-7-10-28-14-18(17)13-19)32-25(16)33-11-8-20(9-12-33)36-21-5-6-22(35-2)29-15-21/h5-7,10,14-15,19-20H,3-4,8-9,11-13H2,1-2H3,(H,30,34). The summed E-state index contributed by atoms with van der Waals surface area (Å²) in [6.07, 6.45) is 9.58. The molecule has 3 aromatic rings. The Labute approximate surface area is 215 Å². The summed E-state index contributed by atoms with van der Waals surface area (Å²) in [5, 5.41) is 3.39. The summed E-state index contributed by atoms with van der Waals surface area (Å²) in [5.41, 5.74) is 3.24. The van der Waals surface area contributed by atoms with E-state index in [1.54, 1.807) is 19.4 Å². The second kappa shape index (κ2) is 10.7. The molecule has 4 heterocycles. The molecule has 1 unspecified atom stereocenters. The van der Waals surface area contributed by atoms with Crippen LogP contribution in [-0.4, -0.2) is 58.2 Å². The number of aryl methyl sites for hydroxylation is 1. The summed E-state index contributed by atoms with van der Waals surface area (Å²) in [6.45, 7) is 3.35. The van der Waals surface area contributed by atoms with Crippen molar-refractivity contribution in [1.29, 1.82) is 0 Å². The van der Waals surface area contributed by atoms with Crippen LogP contribution in [0.1, 0.15) is 46.6 Å². The topological polar surface area (TPSA) is 102 Å². The van der Waals surface area contributed by atoms with E-state index in [2.05, 4.69) is 30.2 Å². The van der Waals surface area contributed by atoms with Gasteiger partial charge in [-0.25, -0.2) is 15.0 Å². The number of ether oxygens (including phenoxy) is 2. The fourth-order valence-corrected chi connectivity index (χ4v) is 4.94. The predicted octanol–water partition coefficient (Wildman–Crippen LogP) is 3.57. The second-order valence-electron chi connectivity index (χ2n) is 9.18. The number of nitrogens with one attached hydrogen (secondary N) is 1. The number of carbonyl (C=O) groups excluding carboxylic acids is 1. The van der Waals surface area contributed by atoms with Gasteiger partial charge in [-0.2, -0.15) is 0 Å². The van der Waals surface area contributed by atoms with Crippen LogP contribution in [0.25, 0.3) is 0 Å². The minimum Gasteiger partial charge on any atom is -0.489 e. The van der Waals surface area contributed by atoms with Crippen molar-refractivity contribution in [1.82, 2.24) is 25.3 Å². The molecule has 10 heteroatoms. The molecule has 1 aliphatic heterocycles. The first-order valence-corrected chi connectivity index (χ1v) is 12.6. The number of methoxy groups -OCH3 is 1. The molecule has 188 valence electrons. The van der Waals surface area contributed by atoms with Gasteiger partial charge in [-0.1, -0.05) is 11.6 Å². The second-order valence-corrected chi connectivity index (χ2v) is 9.54. The van der Waals surface area contributed by atoms with Gasteiger partial charge in [-0.05, 0) is 49.4 Å². The summed E-state index contributed by atoms with van der Waals surface area (Å²) >= 11 is 6.44. The number of hydrogen-bond acceptors (Lipinski definition) is 8. The van der Waals surface area contributed by atoms with Crippen molar-refractivity contribution in [2.45, 2.75) is 51.2 Å². The van der Waals surface area contributed by atoms with Gasteiger partial charge in [0.1, 0.15) is 22.8 Å². The maximum Gasteiger partial charge on any atom is 0.289 e. The van der Waals surface area contributed by atoms with Crippen molar-refractivity contribution < 1.29 is 14.3 Å². The maximum absolute atomic E-state index is 13.1. The molecular formula is C26H29ClN6O3. The average molecular weight is 509 g/mol. The van der Waals surface area contributed by atoms with Gasteiger partial charge >= 0.3 is 0 Å². The highest BCUT2D eigenvalue weighted by atomic mass is 35.5. The number of piperidine rings is 1. The Hall–Kier alpha value is -3.46. The molecule has 1 amide bonds. The maximum atomic E-state index is 13.1. The minimum absolute atomic E-state index is 0.0154. The Morgan fingerprint density at radius 3 is 2.69 bits per heavy atom. The SMILES string of the molecule is COc1ccc(OC2CCN(c3nc(C(=O)NC4CCc5ccncc5C4)nc(Cl)c3C)CC2)cn1. The van der Waals surface area contributed by atoms with Gasteiger partial charge in [0.15, 0.2) is 0 Å². The highest BCUT2D eigenvalue weighted by Gasteiger charge is 2.27. The highest BCUT2D eigenvalue weighted by molar-refractivity contribution is 6.30. The molecule has 3 aromatic heterocycles. The number of amides is 1. The van der Waals surface area contributed by atoms with Crippen LogP contribution in [0, 0.1) is 6.92 Å². The van der Waals surface area contributed by atoms with E-state index in [4.69, 9.17) is 21.1 Å². The first-order valence-electron chi connectivity index (χ1n) is 12.2. The molecule has 5 rings (SSSR count). The molecule has 0 aromatic carbocycles. The van der Waals surface area contributed by atoms with Gasteiger partial charge < -0.3 is 19.7 Å². The van der Waals surface area contributed by atoms with E-state index in [0.29, 0.717) is 16.9 Å². The number of nitrogens with zero attached hydrogens (tertiary/aromatic N) is 5. The van der Waals surface area contributed by atoms with E-state index < -0.39 is 0 Å². The van der Waals surface area contributed by atoms with Crippen LogP contribution in [0.3, 0.4) is 0 Å².